The van der Waals surface area contributed by atoms with Crippen LogP contribution < -0.4 is 0 Å². The normalized spacial score (nSPS) is 9.86. The molecule has 0 N–H and O–H groups in total. The van der Waals surface area contributed by atoms with Gasteiger partial charge in [0.1, 0.15) is 6.54 Å². The molecule has 74 valence electrons. The first kappa shape index (κ1) is 12.0. The van der Waals surface area contributed by atoms with Crippen molar-refractivity contribution < 1.29 is 9.53 Å². The minimum Gasteiger partial charge on any atom is -0.452 e. The summed E-state index contributed by atoms with van der Waals surface area (Å²) in [6, 6.07) is 3.73. The molecule has 0 unspecified atom stereocenters. The molecule has 0 radical (unpaired) electrons. The highest BCUT2D eigenvalue weighted by Gasteiger charge is 2.10. The zero-order chi connectivity index (χ0) is 11.0. The predicted molar refractivity (Wildman–Crippen MR) is 48.7 cm³/mol. The smallest absolute Gasteiger partial charge is 0.414 e. The lowest BCUT2D eigenvalue weighted by Crippen LogP contribution is -2.26. The molecule has 0 aliphatic rings. The first-order valence-corrected chi connectivity index (χ1v) is 4.01. The molecule has 5 heteroatoms. The Morgan fingerprint density at radius 3 is 2.57 bits per heavy atom. The van der Waals surface area contributed by atoms with E-state index >= 15 is 0 Å². The average Bonchev–Trinajstić information content (AvgIpc) is 2.23. The maximum Gasteiger partial charge on any atom is 0.414 e. The van der Waals surface area contributed by atoms with E-state index in [0.717, 1.165) is 4.90 Å². The van der Waals surface area contributed by atoms with E-state index in [1.807, 2.05) is 12.1 Å². The van der Waals surface area contributed by atoms with Crippen molar-refractivity contribution in [2.45, 2.75) is 13.3 Å². The van der Waals surface area contributed by atoms with Crippen molar-refractivity contribution in [2.75, 3.05) is 13.7 Å². The zero-order valence-electron chi connectivity index (χ0n) is 8.15. The van der Waals surface area contributed by atoms with Crippen molar-refractivity contribution in [3.05, 3.63) is 11.8 Å². The molecule has 0 atom stereocenters. The summed E-state index contributed by atoms with van der Waals surface area (Å²) >= 11 is 0. The molecule has 0 aromatic heterocycles. The number of methoxy groups -OCH3 is 1. The highest BCUT2D eigenvalue weighted by atomic mass is 16.5. The molecule has 0 aromatic carbocycles. The van der Waals surface area contributed by atoms with Gasteiger partial charge in [-0.3, -0.25) is 4.90 Å². The molecule has 5 nitrogen and oxygen atoms in total. The third-order valence-electron chi connectivity index (χ3n) is 1.49. The van der Waals surface area contributed by atoms with E-state index in [9.17, 15) is 4.79 Å². The van der Waals surface area contributed by atoms with Crippen LogP contribution in [-0.2, 0) is 4.74 Å². The topological polar surface area (TPSA) is 77.1 Å². The maximum absolute atomic E-state index is 11.1. The van der Waals surface area contributed by atoms with Gasteiger partial charge in [0, 0.05) is 11.8 Å². The molecule has 0 bridgehead atoms. The van der Waals surface area contributed by atoms with Crippen LogP contribution >= 0.6 is 0 Å². The molecule has 0 spiro atoms. The van der Waals surface area contributed by atoms with E-state index in [0.29, 0.717) is 12.0 Å². The molecule has 0 heterocycles. The van der Waals surface area contributed by atoms with Gasteiger partial charge in [0.15, 0.2) is 0 Å². The second-order valence-electron chi connectivity index (χ2n) is 2.38. The molecule has 0 rings (SSSR count). The van der Waals surface area contributed by atoms with Crippen molar-refractivity contribution in [3.63, 3.8) is 0 Å². The number of allylic oxidation sites excluding steroid dienone is 1. The van der Waals surface area contributed by atoms with Gasteiger partial charge in [-0.2, -0.15) is 10.5 Å². The number of amides is 1. The molecule has 0 fully saturated rings. The number of ether oxygens (including phenoxy) is 1. The standard InChI is InChI=1S/C9H11N3O2/c1-3-8(6-11)7-12(5-4-10)9(13)14-2/h7H,3,5H2,1-2H3/b8-7-. The number of carbonyl (C=O) groups excluding carboxylic acids is 1. The summed E-state index contributed by atoms with van der Waals surface area (Å²) in [5, 5.41) is 17.0. The summed E-state index contributed by atoms with van der Waals surface area (Å²) in [6.45, 7) is 1.66. The molecule has 0 saturated heterocycles. The summed E-state index contributed by atoms with van der Waals surface area (Å²) in [5.41, 5.74) is 0.422. The summed E-state index contributed by atoms with van der Waals surface area (Å²) < 4.78 is 4.44. The summed E-state index contributed by atoms with van der Waals surface area (Å²) in [7, 11) is 1.22. The van der Waals surface area contributed by atoms with Gasteiger partial charge < -0.3 is 4.74 Å². The van der Waals surface area contributed by atoms with Crippen LogP contribution in [0.15, 0.2) is 11.8 Å². The lowest BCUT2D eigenvalue weighted by molar-refractivity contribution is 0.143. The number of hydrogen-bond acceptors (Lipinski definition) is 4. The van der Waals surface area contributed by atoms with Crippen LogP contribution in [0.5, 0.6) is 0 Å². The second kappa shape index (κ2) is 6.50. The Hall–Kier alpha value is -2.01. The monoisotopic (exact) mass is 193 g/mol. The van der Waals surface area contributed by atoms with Crippen LogP contribution in [0, 0.1) is 22.7 Å². The lowest BCUT2D eigenvalue weighted by Gasteiger charge is -2.12. The SMILES string of the molecule is CC/C(C#N)=C/N(CC#N)C(=O)OC. The Balaban J connectivity index is 4.69. The third-order valence-corrected chi connectivity index (χ3v) is 1.49. The maximum atomic E-state index is 11.1. The number of rotatable bonds is 3. The largest absolute Gasteiger partial charge is 0.452 e. The molecule has 0 aliphatic carbocycles. The van der Waals surface area contributed by atoms with E-state index in [-0.39, 0.29) is 6.54 Å². The highest BCUT2D eigenvalue weighted by Crippen LogP contribution is 2.03. The van der Waals surface area contributed by atoms with E-state index in [2.05, 4.69) is 4.74 Å². The molecular weight excluding hydrogens is 182 g/mol. The van der Waals surface area contributed by atoms with Crippen LogP contribution in [0.1, 0.15) is 13.3 Å². The minimum atomic E-state index is -0.646. The van der Waals surface area contributed by atoms with Crippen LogP contribution in [-0.4, -0.2) is 24.6 Å². The van der Waals surface area contributed by atoms with Gasteiger partial charge >= 0.3 is 6.09 Å². The predicted octanol–water partition coefficient (Wildman–Crippen LogP) is 1.40. The van der Waals surface area contributed by atoms with E-state index in [4.69, 9.17) is 10.5 Å². The highest BCUT2D eigenvalue weighted by molar-refractivity contribution is 5.69. The fraction of sp³-hybridized carbons (Fsp3) is 0.444. The Kier molecular flexibility index (Phi) is 5.57. The Morgan fingerprint density at radius 2 is 2.21 bits per heavy atom. The molecule has 14 heavy (non-hydrogen) atoms. The minimum absolute atomic E-state index is 0.127. The summed E-state index contributed by atoms with van der Waals surface area (Å²) in [4.78, 5) is 12.1. The summed E-state index contributed by atoms with van der Waals surface area (Å²) in [6.07, 6.45) is 1.19. The van der Waals surface area contributed by atoms with E-state index < -0.39 is 6.09 Å². The first-order valence-electron chi connectivity index (χ1n) is 4.01. The number of carbonyl (C=O) groups is 1. The van der Waals surface area contributed by atoms with Gasteiger partial charge in [-0.05, 0) is 6.42 Å². The average molecular weight is 193 g/mol. The third kappa shape index (κ3) is 3.59. The molecule has 1 amide bonds. The van der Waals surface area contributed by atoms with Gasteiger partial charge in [0.25, 0.3) is 0 Å². The quantitative estimate of drug-likeness (QED) is 0.501. The van der Waals surface area contributed by atoms with Gasteiger partial charge in [0.05, 0.1) is 19.2 Å². The number of nitrogens with zero attached hydrogens (tertiary/aromatic N) is 3. The fourth-order valence-corrected chi connectivity index (χ4v) is 0.744. The Morgan fingerprint density at radius 1 is 1.57 bits per heavy atom. The lowest BCUT2D eigenvalue weighted by atomic mass is 10.2. The molecule has 0 saturated carbocycles. The fourth-order valence-electron chi connectivity index (χ4n) is 0.744. The van der Waals surface area contributed by atoms with Crippen molar-refractivity contribution in [3.8, 4) is 12.1 Å². The van der Waals surface area contributed by atoms with Crippen molar-refractivity contribution >= 4 is 6.09 Å². The van der Waals surface area contributed by atoms with Crippen LogP contribution in [0.3, 0.4) is 0 Å². The van der Waals surface area contributed by atoms with Crippen LogP contribution in [0.4, 0.5) is 4.79 Å². The van der Waals surface area contributed by atoms with Crippen LogP contribution in [0.2, 0.25) is 0 Å². The Labute approximate surface area is 82.8 Å². The molecule has 0 aromatic rings. The van der Waals surface area contributed by atoms with Gasteiger partial charge in [-0.1, -0.05) is 6.92 Å². The van der Waals surface area contributed by atoms with Crippen molar-refractivity contribution in [1.29, 1.82) is 10.5 Å². The summed E-state index contributed by atoms with van der Waals surface area (Å²) in [5.74, 6) is 0. The van der Waals surface area contributed by atoms with E-state index in [1.165, 1.54) is 13.3 Å². The van der Waals surface area contributed by atoms with Crippen molar-refractivity contribution in [1.82, 2.24) is 4.90 Å². The number of nitriles is 2. The molecular formula is C9H11N3O2. The first-order chi connectivity index (χ1) is 6.69. The van der Waals surface area contributed by atoms with E-state index in [1.54, 1.807) is 6.92 Å². The van der Waals surface area contributed by atoms with Gasteiger partial charge in [-0.25, -0.2) is 4.79 Å². The van der Waals surface area contributed by atoms with Crippen molar-refractivity contribution in [2.24, 2.45) is 0 Å². The van der Waals surface area contributed by atoms with Gasteiger partial charge in [0.2, 0.25) is 0 Å². The van der Waals surface area contributed by atoms with Crippen LogP contribution in [0.25, 0.3) is 0 Å². The molecule has 0 aliphatic heterocycles. The zero-order valence-corrected chi connectivity index (χ0v) is 8.15. The Bertz CT molecular complexity index is 309. The van der Waals surface area contributed by atoms with Gasteiger partial charge in [-0.15, -0.1) is 0 Å². The second-order valence-corrected chi connectivity index (χ2v) is 2.38. The number of hydrogen-bond donors (Lipinski definition) is 0.